The summed E-state index contributed by atoms with van der Waals surface area (Å²) in [4.78, 5) is 19.8. The van der Waals surface area contributed by atoms with Gasteiger partial charge in [0.15, 0.2) is 16.6 Å². The molecule has 1 aliphatic heterocycles. The van der Waals surface area contributed by atoms with Gasteiger partial charge in [0.05, 0.1) is 0 Å². The number of carbonyl (C=O) groups is 1. The van der Waals surface area contributed by atoms with E-state index in [9.17, 15) is 4.79 Å². The molecule has 1 aliphatic rings. The number of aldehydes is 1. The summed E-state index contributed by atoms with van der Waals surface area (Å²) in [7, 11) is 4.17. The van der Waals surface area contributed by atoms with Crippen molar-refractivity contribution >= 4 is 34.4 Å². The first kappa shape index (κ1) is 11.8. The van der Waals surface area contributed by atoms with E-state index in [1.807, 2.05) is 0 Å². The SMILES string of the molecule is CN(C)C1CCN(c2nc(Cl)c(C=O)s2)C1. The third-order valence-electron chi connectivity index (χ3n) is 2.87. The highest BCUT2D eigenvalue weighted by Gasteiger charge is 2.26. The quantitative estimate of drug-likeness (QED) is 0.775. The first-order chi connectivity index (χ1) is 7.61. The number of halogens is 1. The number of hydrogen-bond donors (Lipinski definition) is 0. The highest BCUT2D eigenvalue weighted by atomic mass is 35.5. The van der Waals surface area contributed by atoms with Gasteiger partial charge in [0, 0.05) is 19.1 Å². The van der Waals surface area contributed by atoms with Gasteiger partial charge in [-0.3, -0.25) is 4.79 Å². The smallest absolute Gasteiger partial charge is 0.187 e. The zero-order valence-corrected chi connectivity index (χ0v) is 10.9. The van der Waals surface area contributed by atoms with Gasteiger partial charge in [-0.25, -0.2) is 4.98 Å². The van der Waals surface area contributed by atoms with E-state index in [-0.39, 0.29) is 0 Å². The van der Waals surface area contributed by atoms with E-state index in [1.54, 1.807) is 0 Å². The average molecular weight is 260 g/mol. The highest BCUT2D eigenvalue weighted by molar-refractivity contribution is 7.17. The summed E-state index contributed by atoms with van der Waals surface area (Å²) < 4.78 is 0. The molecule has 88 valence electrons. The van der Waals surface area contributed by atoms with Crippen molar-refractivity contribution in [3.8, 4) is 0 Å². The lowest BCUT2D eigenvalue weighted by molar-refractivity contribution is 0.112. The Morgan fingerprint density at radius 1 is 1.62 bits per heavy atom. The lowest BCUT2D eigenvalue weighted by Gasteiger charge is -2.19. The fourth-order valence-corrected chi connectivity index (χ4v) is 2.94. The Bertz CT molecular complexity index is 393. The highest BCUT2D eigenvalue weighted by Crippen LogP contribution is 2.30. The maximum absolute atomic E-state index is 10.7. The third-order valence-corrected chi connectivity index (χ3v) is 4.31. The number of nitrogens with zero attached hydrogens (tertiary/aromatic N) is 3. The Balaban J connectivity index is 2.11. The van der Waals surface area contributed by atoms with Gasteiger partial charge in [0.1, 0.15) is 4.88 Å². The van der Waals surface area contributed by atoms with E-state index in [0.29, 0.717) is 16.1 Å². The van der Waals surface area contributed by atoms with Crippen molar-refractivity contribution in [2.75, 3.05) is 32.1 Å². The molecule has 1 aromatic heterocycles. The largest absolute Gasteiger partial charge is 0.346 e. The predicted octanol–water partition coefficient (Wildman–Crippen LogP) is 1.75. The van der Waals surface area contributed by atoms with E-state index in [4.69, 9.17) is 11.6 Å². The van der Waals surface area contributed by atoms with Gasteiger partial charge in [0.2, 0.25) is 0 Å². The number of rotatable bonds is 3. The fraction of sp³-hybridized carbons (Fsp3) is 0.600. The van der Waals surface area contributed by atoms with Crippen LogP contribution in [0.4, 0.5) is 5.13 Å². The molecule has 1 unspecified atom stereocenters. The molecule has 0 amide bonds. The van der Waals surface area contributed by atoms with Crippen molar-refractivity contribution in [2.24, 2.45) is 0 Å². The molecular formula is C10H14ClN3OS. The summed E-state index contributed by atoms with van der Waals surface area (Å²) in [6.45, 7) is 1.93. The number of hydrogen-bond acceptors (Lipinski definition) is 5. The topological polar surface area (TPSA) is 36.4 Å². The second kappa shape index (κ2) is 4.69. The summed E-state index contributed by atoms with van der Waals surface area (Å²) >= 11 is 7.22. The summed E-state index contributed by atoms with van der Waals surface area (Å²) in [6.07, 6.45) is 1.89. The predicted molar refractivity (Wildman–Crippen MR) is 66.8 cm³/mol. The number of aromatic nitrogens is 1. The minimum absolute atomic E-state index is 0.323. The van der Waals surface area contributed by atoms with E-state index >= 15 is 0 Å². The minimum Gasteiger partial charge on any atom is -0.346 e. The Morgan fingerprint density at radius 3 is 2.88 bits per heavy atom. The van der Waals surface area contributed by atoms with Crippen LogP contribution in [0, 0.1) is 0 Å². The van der Waals surface area contributed by atoms with Gasteiger partial charge < -0.3 is 9.80 Å². The first-order valence-electron chi connectivity index (χ1n) is 5.14. The lowest BCUT2D eigenvalue weighted by atomic mass is 10.2. The number of anilines is 1. The summed E-state index contributed by atoms with van der Waals surface area (Å²) in [5.41, 5.74) is 0. The maximum Gasteiger partial charge on any atom is 0.187 e. The molecule has 0 saturated carbocycles. The molecule has 0 aromatic carbocycles. The average Bonchev–Trinajstić information content (AvgIpc) is 2.83. The van der Waals surface area contributed by atoms with Crippen LogP contribution in [-0.2, 0) is 0 Å². The fourth-order valence-electron chi connectivity index (χ4n) is 1.85. The summed E-state index contributed by atoms with van der Waals surface area (Å²) in [5.74, 6) is 0. The zero-order valence-electron chi connectivity index (χ0n) is 9.31. The Kier molecular flexibility index (Phi) is 3.47. The van der Waals surface area contributed by atoms with Crippen LogP contribution < -0.4 is 4.90 Å². The van der Waals surface area contributed by atoms with Crippen LogP contribution in [0.1, 0.15) is 16.1 Å². The molecule has 4 nitrogen and oxygen atoms in total. The van der Waals surface area contributed by atoms with Gasteiger partial charge in [-0.2, -0.15) is 0 Å². The van der Waals surface area contributed by atoms with Crippen LogP contribution >= 0.6 is 22.9 Å². The molecule has 1 fully saturated rings. The van der Waals surface area contributed by atoms with Gasteiger partial charge in [-0.1, -0.05) is 22.9 Å². The van der Waals surface area contributed by atoms with Crippen molar-refractivity contribution in [2.45, 2.75) is 12.5 Å². The van der Waals surface area contributed by atoms with Crippen LogP contribution in [0.2, 0.25) is 5.15 Å². The van der Waals surface area contributed by atoms with E-state index in [2.05, 4.69) is 28.9 Å². The molecule has 0 aliphatic carbocycles. The maximum atomic E-state index is 10.7. The molecule has 1 saturated heterocycles. The Morgan fingerprint density at radius 2 is 2.38 bits per heavy atom. The van der Waals surface area contributed by atoms with Gasteiger partial charge >= 0.3 is 0 Å². The van der Waals surface area contributed by atoms with Crippen molar-refractivity contribution in [3.63, 3.8) is 0 Å². The van der Waals surface area contributed by atoms with Crippen LogP contribution in [0.25, 0.3) is 0 Å². The van der Waals surface area contributed by atoms with Crippen molar-refractivity contribution in [3.05, 3.63) is 10.0 Å². The Labute approximate surface area is 104 Å². The second-order valence-corrected chi connectivity index (χ2v) is 5.49. The Hall–Kier alpha value is -0.650. The van der Waals surface area contributed by atoms with Crippen LogP contribution in [0.15, 0.2) is 0 Å². The standard InChI is InChI=1S/C10H14ClN3OS/c1-13(2)7-3-4-14(5-7)10-12-9(11)8(6-15)16-10/h6-7H,3-5H2,1-2H3. The summed E-state index contributed by atoms with van der Waals surface area (Å²) in [5, 5.41) is 1.18. The molecule has 0 spiro atoms. The van der Waals surface area contributed by atoms with E-state index in [0.717, 1.165) is 30.9 Å². The first-order valence-corrected chi connectivity index (χ1v) is 6.34. The van der Waals surface area contributed by atoms with Crippen molar-refractivity contribution in [1.29, 1.82) is 0 Å². The normalized spacial score (nSPS) is 20.8. The molecule has 2 heterocycles. The van der Waals surface area contributed by atoms with Gasteiger partial charge in [0.25, 0.3) is 0 Å². The van der Waals surface area contributed by atoms with Crippen LogP contribution in [-0.4, -0.2) is 49.4 Å². The number of thiazole rings is 1. The number of carbonyl (C=O) groups excluding carboxylic acids is 1. The van der Waals surface area contributed by atoms with Crippen LogP contribution in [0.5, 0.6) is 0 Å². The molecule has 0 radical (unpaired) electrons. The van der Waals surface area contributed by atoms with E-state index < -0.39 is 0 Å². The summed E-state index contributed by atoms with van der Waals surface area (Å²) in [6, 6.07) is 0.558. The molecule has 1 atom stereocenters. The molecule has 2 rings (SSSR count). The number of likely N-dealkylation sites (N-methyl/N-ethyl adjacent to an activating group) is 1. The molecule has 16 heavy (non-hydrogen) atoms. The third kappa shape index (κ3) is 2.21. The van der Waals surface area contributed by atoms with Crippen molar-refractivity contribution < 1.29 is 4.79 Å². The van der Waals surface area contributed by atoms with E-state index in [1.165, 1.54) is 11.3 Å². The molecular weight excluding hydrogens is 246 g/mol. The van der Waals surface area contributed by atoms with Gasteiger partial charge in [-0.15, -0.1) is 0 Å². The molecule has 6 heteroatoms. The second-order valence-electron chi connectivity index (χ2n) is 4.12. The molecule has 0 N–H and O–H groups in total. The van der Waals surface area contributed by atoms with Crippen molar-refractivity contribution in [1.82, 2.24) is 9.88 Å². The monoisotopic (exact) mass is 259 g/mol. The van der Waals surface area contributed by atoms with Gasteiger partial charge in [-0.05, 0) is 20.5 Å². The van der Waals surface area contributed by atoms with Crippen LogP contribution in [0.3, 0.4) is 0 Å². The molecule has 0 bridgehead atoms. The molecule has 1 aromatic rings. The zero-order chi connectivity index (χ0) is 11.7. The lowest BCUT2D eigenvalue weighted by Crippen LogP contribution is -2.31. The minimum atomic E-state index is 0.323.